The van der Waals surface area contributed by atoms with Gasteiger partial charge in [0.25, 0.3) is 0 Å². The molecule has 0 radical (unpaired) electrons. The summed E-state index contributed by atoms with van der Waals surface area (Å²) in [5, 5.41) is 0. The Kier molecular flexibility index (Phi) is 4.69. The van der Waals surface area contributed by atoms with Crippen LogP contribution in [0.3, 0.4) is 0 Å². The number of hydrazine groups is 1. The van der Waals surface area contributed by atoms with Crippen LogP contribution in [-0.4, -0.2) is 44.2 Å². The predicted molar refractivity (Wildman–Crippen MR) is 56.9 cm³/mol. The standard InChI is InChI=1S/C9H20N4O/c1-13(6-3-7-14-2)9(12-10)11-8-4-5-8/h8H,3-7,10H2,1-2H3,(H,11,12). The molecule has 0 spiro atoms. The molecule has 0 unspecified atom stereocenters. The zero-order chi connectivity index (χ0) is 10.4. The summed E-state index contributed by atoms with van der Waals surface area (Å²) in [4.78, 5) is 6.48. The van der Waals surface area contributed by atoms with Gasteiger partial charge >= 0.3 is 0 Å². The molecule has 0 heterocycles. The van der Waals surface area contributed by atoms with E-state index in [9.17, 15) is 0 Å². The van der Waals surface area contributed by atoms with Gasteiger partial charge in [-0.2, -0.15) is 0 Å². The summed E-state index contributed by atoms with van der Waals surface area (Å²) < 4.78 is 4.98. The average Bonchev–Trinajstić information content (AvgIpc) is 2.98. The fraction of sp³-hybridized carbons (Fsp3) is 0.889. The number of rotatable bonds is 5. The lowest BCUT2D eigenvalue weighted by Crippen LogP contribution is -2.43. The summed E-state index contributed by atoms with van der Waals surface area (Å²) >= 11 is 0. The molecule has 1 aliphatic carbocycles. The van der Waals surface area contributed by atoms with E-state index >= 15 is 0 Å². The number of ether oxygens (including phenoxy) is 1. The van der Waals surface area contributed by atoms with Crippen molar-refractivity contribution in [2.24, 2.45) is 10.8 Å². The molecular formula is C9H20N4O. The zero-order valence-corrected chi connectivity index (χ0v) is 8.99. The van der Waals surface area contributed by atoms with Crippen molar-refractivity contribution < 1.29 is 4.74 Å². The van der Waals surface area contributed by atoms with Gasteiger partial charge in [0.15, 0.2) is 0 Å². The fourth-order valence-corrected chi connectivity index (χ4v) is 1.17. The molecule has 0 aromatic heterocycles. The highest BCUT2D eigenvalue weighted by Gasteiger charge is 2.21. The van der Waals surface area contributed by atoms with Crippen molar-refractivity contribution in [1.82, 2.24) is 10.3 Å². The van der Waals surface area contributed by atoms with Gasteiger partial charge in [-0.15, -0.1) is 0 Å². The number of aliphatic imine (C=N–C) groups is 1. The highest BCUT2D eigenvalue weighted by Crippen LogP contribution is 2.23. The lowest BCUT2D eigenvalue weighted by atomic mass is 10.4. The second kappa shape index (κ2) is 5.82. The molecule has 0 aromatic rings. The number of nitrogens with one attached hydrogen (secondary N) is 1. The van der Waals surface area contributed by atoms with Gasteiger partial charge in [-0.1, -0.05) is 0 Å². The van der Waals surface area contributed by atoms with Gasteiger partial charge in [-0.25, -0.2) is 10.8 Å². The average molecular weight is 200 g/mol. The molecule has 3 N–H and O–H groups in total. The Balaban J connectivity index is 2.27. The van der Waals surface area contributed by atoms with E-state index in [1.807, 2.05) is 11.9 Å². The van der Waals surface area contributed by atoms with Crippen LogP contribution in [0.1, 0.15) is 19.3 Å². The Labute approximate surface area is 85.3 Å². The number of methoxy groups -OCH3 is 1. The van der Waals surface area contributed by atoms with Crippen molar-refractivity contribution in [3.8, 4) is 0 Å². The monoisotopic (exact) mass is 200 g/mol. The van der Waals surface area contributed by atoms with Gasteiger partial charge in [-0.05, 0) is 19.3 Å². The topological polar surface area (TPSA) is 62.9 Å². The summed E-state index contributed by atoms with van der Waals surface area (Å²) in [7, 11) is 3.69. The van der Waals surface area contributed by atoms with E-state index < -0.39 is 0 Å². The number of nitrogens with zero attached hydrogens (tertiary/aromatic N) is 2. The predicted octanol–water partition coefficient (Wildman–Crippen LogP) is -0.0636. The molecular weight excluding hydrogens is 180 g/mol. The van der Waals surface area contributed by atoms with Crippen molar-refractivity contribution >= 4 is 5.96 Å². The fourth-order valence-electron chi connectivity index (χ4n) is 1.17. The van der Waals surface area contributed by atoms with Crippen molar-refractivity contribution in [1.29, 1.82) is 0 Å². The molecule has 14 heavy (non-hydrogen) atoms. The van der Waals surface area contributed by atoms with E-state index in [1.54, 1.807) is 7.11 Å². The first-order chi connectivity index (χ1) is 6.77. The third-order valence-corrected chi connectivity index (χ3v) is 2.18. The first-order valence-corrected chi connectivity index (χ1v) is 5.02. The molecule has 5 nitrogen and oxygen atoms in total. The van der Waals surface area contributed by atoms with Gasteiger partial charge in [0.1, 0.15) is 0 Å². The van der Waals surface area contributed by atoms with E-state index in [4.69, 9.17) is 10.6 Å². The molecule has 0 amide bonds. The smallest absolute Gasteiger partial charge is 0.208 e. The van der Waals surface area contributed by atoms with E-state index in [0.29, 0.717) is 6.04 Å². The van der Waals surface area contributed by atoms with E-state index in [0.717, 1.165) is 25.5 Å². The van der Waals surface area contributed by atoms with Crippen molar-refractivity contribution in [2.45, 2.75) is 25.3 Å². The highest BCUT2D eigenvalue weighted by atomic mass is 16.5. The van der Waals surface area contributed by atoms with Gasteiger partial charge in [0, 0.05) is 27.3 Å². The number of hydrogen-bond donors (Lipinski definition) is 2. The van der Waals surface area contributed by atoms with Crippen LogP contribution in [0.4, 0.5) is 0 Å². The van der Waals surface area contributed by atoms with Crippen molar-refractivity contribution in [3.05, 3.63) is 0 Å². The second-order valence-corrected chi connectivity index (χ2v) is 3.60. The molecule has 0 aromatic carbocycles. The maximum absolute atomic E-state index is 5.40. The Morgan fingerprint density at radius 2 is 2.36 bits per heavy atom. The molecule has 1 saturated carbocycles. The molecule has 0 aliphatic heterocycles. The van der Waals surface area contributed by atoms with Gasteiger partial charge < -0.3 is 9.64 Å². The maximum atomic E-state index is 5.40. The quantitative estimate of drug-likeness (QED) is 0.214. The number of hydrogen-bond acceptors (Lipinski definition) is 3. The van der Waals surface area contributed by atoms with Crippen LogP contribution in [0.25, 0.3) is 0 Å². The second-order valence-electron chi connectivity index (χ2n) is 3.60. The van der Waals surface area contributed by atoms with Crippen LogP contribution in [-0.2, 0) is 4.74 Å². The third-order valence-electron chi connectivity index (χ3n) is 2.18. The van der Waals surface area contributed by atoms with Crippen LogP contribution in [0.15, 0.2) is 4.99 Å². The molecule has 0 bridgehead atoms. The molecule has 0 atom stereocenters. The minimum atomic E-state index is 0.492. The zero-order valence-electron chi connectivity index (χ0n) is 8.99. The summed E-state index contributed by atoms with van der Waals surface area (Å²) in [5.74, 6) is 6.18. The summed E-state index contributed by atoms with van der Waals surface area (Å²) in [6.45, 7) is 1.68. The van der Waals surface area contributed by atoms with Crippen LogP contribution >= 0.6 is 0 Å². The molecule has 1 aliphatic rings. The molecule has 5 heteroatoms. The Morgan fingerprint density at radius 3 is 2.86 bits per heavy atom. The minimum Gasteiger partial charge on any atom is -0.385 e. The van der Waals surface area contributed by atoms with Gasteiger partial charge in [-0.3, -0.25) is 5.43 Å². The summed E-state index contributed by atoms with van der Waals surface area (Å²) in [5.41, 5.74) is 2.64. The molecule has 82 valence electrons. The number of nitrogens with two attached hydrogens (primary N) is 1. The van der Waals surface area contributed by atoms with Crippen LogP contribution < -0.4 is 11.3 Å². The Bertz CT molecular complexity index is 191. The van der Waals surface area contributed by atoms with Gasteiger partial charge in [0.2, 0.25) is 5.96 Å². The lowest BCUT2D eigenvalue weighted by molar-refractivity contribution is 0.188. The first-order valence-electron chi connectivity index (χ1n) is 5.02. The van der Waals surface area contributed by atoms with Crippen LogP contribution in [0.5, 0.6) is 0 Å². The normalized spacial score (nSPS) is 16.9. The maximum Gasteiger partial charge on any atom is 0.208 e. The van der Waals surface area contributed by atoms with Crippen molar-refractivity contribution in [3.63, 3.8) is 0 Å². The van der Waals surface area contributed by atoms with Gasteiger partial charge in [0.05, 0.1) is 6.04 Å². The molecule has 1 fully saturated rings. The molecule has 0 saturated heterocycles. The third kappa shape index (κ3) is 3.93. The summed E-state index contributed by atoms with van der Waals surface area (Å²) in [6.07, 6.45) is 3.37. The Hall–Kier alpha value is -0.810. The minimum absolute atomic E-state index is 0.492. The largest absolute Gasteiger partial charge is 0.385 e. The van der Waals surface area contributed by atoms with E-state index in [2.05, 4.69) is 10.4 Å². The summed E-state index contributed by atoms with van der Waals surface area (Å²) in [6, 6.07) is 0.492. The van der Waals surface area contributed by atoms with Crippen molar-refractivity contribution in [2.75, 3.05) is 27.3 Å². The Morgan fingerprint density at radius 1 is 1.64 bits per heavy atom. The number of guanidine groups is 1. The van der Waals surface area contributed by atoms with E-state index in [1.165, 1.54) is 12.8 Å². The molecule has 1 rings (SSSR count). The SMILES string of the molecule is COCCCN(C)C(=NC1CC1)NN. The lowest BCUT2D eigenvalue weighted by Gasteiger charge is -2.20. The van der Waals surface area contributed by atoms with Crippen LogP contribution in [0, 0.1) is 0 Å². The van der Waals surface area contributed by atoms with E-state index in [-0.39, 0.29) is 0 Å². The first kappa shape index (κ1) is 11.3. The van der Waals surface area contributed by atoms with Crippen LogP contribution in [0.2, 0.25) is 0 Å². The highest BCUT2D eigenvalue weighted by molar-refractivity contribution is 5.79.